The van der Waals surface area contributed by atoms with E-state index in [-0.39, 0.29) is 118 Å². The summed E-state index contributed by atoms with van der Waals surface area (Å²) in [5.74, 6) is -6.39. The number of benzene rings is 7. The van der Waals surface area contributed by atoms with Crippen molar-refractivity contribution >= 4 is 41.8 Å². The Morgan fingerprint density at radius 3 is 0.920 bits per heavy atom. The number of hydrogen-bond acceptors (Lipinski definition) is 26. The maximum absolute atomic E-state index is 13.2. The molecule has 0 bridgehead atoms. The van der Waals surface area contributed by atoms with E-state index in [1.807, 2.05) is 78.9 Å². The van der Waals surface area contributed by atoms with E-state index < -0.39 is 68.7 Å². The second-order valence-corrected chi connectivity index (χ2v) is 26.8. The molecule has 0 spiro atoms. The molecule has 0 aliphatic rings. The topological polar surface area (TPSA) is 370 Å². The van der Waals surface area contributed by atoms with Gasteiger partial charge >= 0.3 is 0 Å². The van der Waals surface area contributed by atoms with Crippen LogP contribution in [0.25, 0.3) is 0 Å². The number of aldehydes is 1. The van der Waals surface area contributed by atoms with Crippen molar-refractivity contribution in [1.29, 1.82) is 0 Å². The Kier molecular flexibility index (Phi) is 29.9. The van der Waals surface area contributed by atoms with Gasteiger partial charge in [-0.05, 0) is 136 Å². The summed E-state index contributed by atoms with van der Waals surface area (Å²) in [4.78, 5) is 122. The number of hydrogen-bond donors (Lipinski definition) is 2. The molecule has 2 N–H and O–H groups in total. The fraction of sp³-hybridized carbons (Fsp3) is 0.105. The zero-order chi connectivity index (χ0) is 88.3. The van der Waals surface area contributed by atoms with Crippen molar-refractivity contribution in [3.63, 3.8) is 0 Å². The number of furan rings is 4. The van der Waals surface area contributed by atoms with Gasteiger partial charge in [-0.3, -0.25) is 43.2 Å². The molecule has 632 valence electrons. The third kappa shape index (κ3) is 24.2. The van der Waals surface area contributed by atoms with Gasteiger partial charge in [0, 0.05) is 49.9 Å². The van der Waals surface area contributed by atoms with Crippen molar-refractivity contribution in [2.75, 3.05) is 14.2 Å². The Morgan fingerprint density at radius 2 is 0.608 bits per heavy atom. The summed E-state index contributed by atoms with van der Waals surface area (Å²) >= 11 is 0. The summed E-state index contributed by atoms with van der Waals surface area (Å²) in [6, 6.07) is 67.4. The number of ether oxygens (including phenoxy) is 3. The number of nitrogens with zero attached hydrogens (tertiary/aromatic N) is 2. The second-order valence-electron chi connectivity index (χ2n) is 26.8. The molecule has 0 fully saturated rings. The molecule has 26 nitrogen and oxygen atoms in total. The summed E-state index contributed by atoms with van der Waals surface area (Å²) in [7, 11) is 2.64. The van der Waals surface area contributed by atoms with Gasteiger partial charge in [0.1, 0.15) is 105 Å². The molecule has 125 heavy (non-hydrogen) atoms. The first kappa shape index (κ1) is 87.9. The maximum Gasteiger partial charge on any atom is 0.267 e. The quantitative estimate of drug-likeness (QED) is 0.0134. The maximum atomic E-state index is 13.2. The molecule has 15 rings (SSSR count). The number of carbonyl (C=O) groups is 5. The van der Waals surface area contributed by atoms with E-state index in [2.05, 4.69) is 20.0 Å². The highest BCUT2D eigenvalue weighted by Gasteiger charge is 2.30. The molecule has 7 aromatic carbocycles. The summed E-state index contributed by atoms with van der Waals surface area (Å²) in [5.41, 5.74) is 2.99. The molecule has 0 aliphatic heterocycles. The molecule has 15 aromatic rings. The van der Waals surface area contributed by atoms with Crippen molar-refractivity contribution in [2.45, 2.75) is 52.1 Å². The van der Waals surface area contributed by atoms with Gasteiger partial charge in [0.2, 0.25) is 67.8 Å². The zero-order valence-electron chi connectivity index (χ0n) is 66.0. The van der Waals surface area contributed by atoms with Crippen molar-refractivity contribution in [3.8, 4) is 23.0 Å². The lowest BCUT2D eigenvalue weighted by molar-refractivity contribution is 0.0956. The van der Waals surface area contributed by atoms with Crippen LogP contribution in [0.4, 0.5) is 17.6 Å². The van der Waals surface area contributed by atoms with Gasteiger partial charge in [-0.25, -0.2) is 17.6 Å². The minimum absolute atomic E-state index is 0.0142. The monoisotopic (exact) mass is 1700 g/mol. The van der Waals surface area contributed by atoms with E-state index in [4.69, 9.17) is 49.5 Å². The number of aliphatic hydroxyl groups excluding tert-OH is 1. The molecule has 0 radical (unpaired) electrons. The van der Waals surface area contributed by atoms with Gasteiger partial charge in [0.05, 0.1) is 0 Å². The number of ketones is 4. The van der Waals surface area contributed by atoms with E-state index in [0.29, 0.717) is 55.0 Å². The number of rotatable bonds is 31. The van der Waals surface area contributed by atoms with E-state index in [1.54, 1.807) is 84.9 Å². The van der Waals surface area contributed by atoms with Crippen LogP contribution < -0.4 is 35.9 Å². The Hall–Kier alpha value is -16.4. The van der Waals surface area contributed by atoms with Crippen molar-refractivity contribution in [3.05, 3.63) is 456 Å². The average molecular weight is 1700 g/mol. The lowest BCUT2D eigenvalue weighted by Crippen LogP contribution is -2.15. The minimum Gasteiger partial charge on any atom is -0.501 e. The van der Waals surface area contributed by atoms with Gasteiger partial charge in [-0.15, -0.1) is 0 Å². The molecular formula is C95H70F4N2O24. The number of aliphatic hydroxyl groups is 1. The lowest BCUT2D eigenvalue weighted by atomic mass is 10.1. The summed E-state index contributed by atoms with van der Waals surface area (Å²) in [5, 5.41) is 26.3. The largest absolute Gasteiger partial charge is 0.501 e. The lowest BCUT2D eigenvalue weighted by Gasteiger charge is -2.10. The molecule has 0 saturated heterocycles. The number of halogens is 4. The predicted octanol–water partition coefficient (Wildman–Crippen LogP) is 16.5. The minimum atomic E-state index is -0.828. The van der Waals surface area contributed by atoms with Crippen LogP contribution in [-0.4, -0.2) is 66.3 Å². The fourth-order valence-electron chi connectivity index (χ4n) is 11.8. The summed E-state index contributed by atoms with van der Waals surface area (Å²) in [6.45, 7) is -0.410. The van der Waals surface area contributed by atoms with Crippen LogP contribution in [0.2, 0.25) is 0 Å². The van der Waals surface area contributed by atoms with Gasteiger partial charge in [0.15, 0.2) is 46.6 Å². The molecule has 8 heterocycles. The molecule has 0 saturated carbocycles. The van der Waals surface area contributed by atoms with Crippen LogP contribution in [-0.2, 0) is 61.8 Å². The van der Waals surface area contributed by atoms with Crippen molar-refractivity contribution < 1.29 is 111 Å². The first-order valence-electron chi connectivity index (χ1n) is 37.7. The van der Waals surface area contributed by atoms with Gasteiger partial charge < -0.3 is 69.4 Å². The Balaban J connectivity index is 0.000000152. The third-order valence-corrected chi connectivity index (χ3v) is 17.8. The zero-order valence-corrected chi connectivity index (χ0v) is 66.0. The van der Waals surface area contributed by atoms with Gasteiger partial charge in [0.25, 0.3) is 23.1 Å². The highest BCUT2D eigenvalue weighted by molar-refractivity contribution is 6.09. The third-order valence-electron chi connectivity index (χ3n) is 17.8. The Morgan fingerprint density at radius 1 is 0.328 bits per heavy atom. The highest BCUT2D eigenvalue weighted by atomic mass is 19.1. The van der Waals surface area contributed by atoms with E-state index in [0.717, 1.165) is 69.4 Å². The van der Waals surface area contributed by atoms with Crippen LogP contribution in [0.5, 0.6) is 23.0 Å². The SMILES string of the molecule is CO/N=C/c1cc(=O)c(O)c(C(=O)c2ccc(Cc3ccc(F)cc3)o2)o1.CO/N=C/c1cc(=O)c(OCc2ccccc2)c(C(=O)c2ccc(Cc3ccc(F)cc3)o2)o1.O=C(c1ccc(Cc2ccc(F)cc2)o1)c1oc(CO)cc(=O)c1OCc1ccccc1.O=Cc1cc(=O)c(OCc2ccccc2)c(C(=O)c2ccc(Cc3ccc(F)cc3)o2)o1. The number of carbonyl (C=O) groups excluding carboxylic acids is 5. The van der Waals surface area contributed by atoms with E-state index >= 15 is 0 Å². The predicted molar refractivity (Wildman–Crippen MR) is 440 cm³/mol. The van der Waals surface area contributed by atoms with Gasteiger partial charge in [-0.2, -0.15) is 0 Å². The first-order valence-corrected chi connectivity index (χ1v) is 37.7. The number of aromatic hydroxyl groups is 1. The van der Waals surface area contributed by atoms with Crippen LogP contribution in [0.1, 0.15) is 155 Å². The average Bonchev–Trinajstić information content (AvgIpc) is 1.73. The molecule has 8 aromatic heterocycles. The Labute approximate surface area is 705 Å². The van der Waals surface area contributed by atoms with Gasteiger partial charge in [-0.1, -0.05) is 150 Å². The molecule has 0 aliphatic carbocycles. The smallest absolute Gasteiger partial charge is 0.267 e. The summed E-state index contributed by atoms with van der Waals surface area (Å²) < 4.78 is 113. The van der Waals surface area contributed by atoms with Crippen LogP contribution in [0, 0.1) is 23.3 Å². The highest BCUT2D eigenvalue weighted by Crippen LogP contribution is 2.29. The molecule has 30 heteroatoms. The van der Waals surface area contributed by atoms with Crippen molar-refractivity contribution in [1.82, 2.24) is 0 Å². The first-order chi connectivity index (χ1) is 60.6. The fourth-order valence-corrected chi connectivity index (χ4v) is 11.8. The molecule has 0 atom stereocenters. The molecular weight excluding hydrogens is 1630 g/mol. The second kappa shape index (κ2) is 42.5. The van der Waals surface area contributed by atoms with E-state index in [9.17, 15) is 70.9 Å². The summed E-state index contributed by atoms with van der Waals surface area (Å²) in [6.07, 6.45) is 3.97. The van der Waals surface area contributed by atoms with Crippen LogP contribution in [0.3, 0.4) is 0 Å². The normalized spacial score (nSPS) is 10.9. The molecule has 0 unspecified atom stereocenters. The van der Waals surface area contributed by atoms with Crippen LogP contribution >= 0.6 is 0 Å². The van der Waals surface area contributed by atoms with E-state index in [1.165, 1.54) is 93.2 Å². The van der Waals surface area contributed by atoms with Crippen LogP contribution in [0.15, 0.2) is 326 Å². The standard InChI is InChI=1S/C26H20FNO6.C25H19FO6.C25H17FO6.C19H14FNO6/c1-31-28-15-21-14-22(29)25(32-16-18-5-3-2-4-6-18)26(34-21)24(30)23-12-11-20(33-23)13-17-7-9-19(27)10-8-17;2*26-18-8-6-16(7-9-18)12-19-10-11-22(31-19)23(29)25-24(21(28)13-20(14-27)32-25)30-15-17-4-2-1-3-5-17;1-25-21-10-14-9-15(22)17(23)19(27-14)18(24)16-7-6-13(26-16)8-11-2-4-12(20)5-3-11/h2-12,14-15H,13,16H2,1H3;1-11,13,27H,12,14-15H2;1-11,13-14H,12,15H2;2-7,9-10,23H,8H2,1H3/b28-15+;;;21-10+. The Bertz CT molecular complexity index is 6570. The number of oxime groups is 2. The molecule has 0 amide bonds. The van der Waals surface area contributed by atoms with Crippen molar-refractivity contribution in [2.24, 2.45) is 10.3 Å².